The lowest BCUT2D eigenvalue weighted by molar-refractivity contribution is -0.145. The number of Topliss-reactive ketones (excluding diaryl/α,β-unsaturated/α-hetero) is 1. The minimum atomic E-state index is -0.410. The Morgan fingerprint density at radius 1 is 0.719 bits per heavy atom. The zero-order valence-electron chi connectivity index (χ0n) is 19.3. The van der Waals surface area contributed by atoms with Crippen LogP contribution in [-0.2, 0) is 19.1 Å². The van der Waals surface area contributed by atoms with Gasteiger partial charge in [0.1, 0.15) is 12.2 Å². The van der Waals surface area contributed by atoms with Crippen LogP contribution in [-0.4, -0.2) is 31.6 Å². The molecule has 0 heterocycles. The Morgan fingerprint density at radius 3 is 1.75 bits per heavy atom. The third kappa shape index (κ3) is 11.1. The van der Waals surface area contributed by atoms with Crippen LogP contribution in [0.4, 0.5) is 0 Å². The smallest absolute Gasteiger partial charge is 0.313 e. The van der Waals surface area contributed by atoms with Crippen LogP contribution in [0.15, 0.2) is 66.7 Å². The van der Waals surface area contributed by atoms with E-state index in [1.165, 1.54) is 42.9 Å². The summed E-state index contributed by atoms with van der Waals surface area (Å²) in [6.45, 7) is 3.21. The van der Waals surface area contributed by atoms with Gasteiger partial charge in [0.2, 0.25) is 0 Å². The van der Waals surface area contributed by atoms with Crippen molar-refractivity contribution in [2.24, 2.45) is 0 Å². The number of carbonyl (C=O) groups is 2. The van der Waals surface area contributed by atoms with Crippen molar-refractivity contribution >= 4 is 17.3 Å². The van der Waals surface area contributed by atoms with Gasteiger partial charge >= 0.3 is 5.97 Å². The average molecular weight is 437 g/mol. The summed E-state index contributed by atoms with van der Waals surface area (Å²) in [5.41, 5.74) is 3.62. The normalized spacial score (nSPS) is 10.5. The van der Waals surface area contributed by atoms with Crippen LogP contribution in [0, 0.1) is 0 Å². The van der Waals surface area contributed by atoms with Gasteiger partial charge in [-0.2, -0.15) is 0 Å². The molecule has 0 amide bonds. The van der Waals surface area contributed by atoms with E-state index < -0.39 is 5.97 Å². The van der Waals surface area contributed by atoms with E-state index in [0.29, 0.717) is 13.2 Å². The van der Waals surface area contributed by atoms with E-state index in [1.54, 1.807) is 0 Å². The van der Waals surface area contributed by atoms with Crippen molar-refractivity contribution in [1.82, 2.24) is 0 Å². The third-order valence-corrected chi connectivity index (χ3v) is 5.16. The molecule has 0 saturated carbocycles. The maximum atomic E-state index is 11.3. The van der Waals surface area contributed by atoms with Gasteiger partial charge in [0.25, 0.3) is 0 Å². The molecule has 0 aliphatic rings. The molecule has 2 aromatic rings. The van der Waals surface area contributed by atoms with Crippen LogP contribution in [0.25, 0.3) is 5.57 Å². The molecule has 172 valence electrons. The molecule has 0 saturated heterocycles. The second-order valence-corrected chi connectivity index (χ2v) is 8.00. The second-order valence-electron chi connectivity index (χ2n) is 8.00. The first-order valence-corrected chi connectivity index (χ1v) is 11.7. The van der Waals surface area contributed by atoms with Gasteiger partial charge in [-0.15, -0.1) is 0 Å². The van der Waals surface area contributed by atoms with E-state index in [-0.39, 0.29) is 12.2 Å². The summed E-state index contributed by atoms with van der Waals surface area (Å²) in [5.74, 6) is -0.560. The maximum Gasteiger partial charge on any atom is 0.313 e. The first-order chi connectivity index (χ1) is 15.7. The Kier molecular flexibility index (Phi) is 12.8. The monoisotopic (exact) mass is 436 g/mol. The zero-order valence-corrected chi connectivity index (χ0v) is 19.3. The highest BCUT2D eigenvalue weighted by molar-refractivity contribution is 5.94. The van der Waals surface area contributed by atoms with E-state index in [2.05, 4.69) is 54.6 Å². The van der Waals surface area contributed by atoms with Gasteiger partial charge in [-0.1, -0.05) is 98.8 Å². The summed E-state index contributed by atoms with van der Waals surface area (Å²) < 4.78 is 10.9. The standard InChI is InChI=1S/C28H36O4/c1-24(29)23-28(30)32-21-14-6-4-2-3-5-13-20-31-22-19-27(25-15-9-7-10-16-25)26-17-11-8-12-18-26/h7-12,15-19H,2-6,13-14,20-23H2,1H3. The van der Waals surface area contributed by atoms with Crippen LogP contribution in [0.5, 0.6) is 0 Å². The van der Waals surface area contributed by atoms with Gasteiger partial charge in [-0.25, -0.2) is 0 Å². The molecule has 2 rings (SSSR count). The molecule has 0 aliphatic carbocycles. The van der Waals surface area contributed by atoms with Gasteiger partial charge < -0.3 is 9.47 Å². The molecule has 0 bridgehead atoms. The number of carbonyl (C=O) groups excluding carboxylic acids is 2. The van der Waals surface area contributed by atoms with Gasteiger partial charge in [0.15, 0.2) is 0 Å². The molecule has 0 atom stereocenters. The molecule has 0 N–H and O–H groups in total. The number of ketones is 1. The number of benzene rings is 2. The molecule has 0 spiro atoms. The predicted octanol–water partition coefficient (Wildman–Crippen LogP) is 6.39. The lowest BCUT2D eigenvalue weighted by Gasteiger charge is -2.09. The molecule has 0 unspecified atom stereocenters. The Labute approximate surface area is 192 Å². The highest BCUT2D eigenvalue weighted by Crippen LogP contribution is 2.22. The molecule has 2 aromatic carbocycles. The summed E-state index contributed by atoms with van der Waals surface area (Å²) >= 11 is 0. The summed E-state index contributed by atoms with van der Waals surface area (Å²) in [5, 5.41) is 0. The SMILES string of the molecule is CC(=O)CC(=O)OCCCCCCCCCOCC=C(c1ccccc1)c1ccccc1. The molecule has 0 aromatic heterocycles. The lowest BCUT2D eigenvalue weighted by atomic mass is 9.98. The minimum absolute atomic E-state index is 0.113. The average Bonchev–Trinajstić information content (AvgIpc) is 2.80. The molecular formula is C28H36O4. The predicted molar refractivity (Wildman–Crippen MR) is 129 cm³/mol. The molecule has 4 heteroatoms. The lowest BCUT2D eigenvalue weighted by Crippen LogP contribution is -2.09. The Bertz CT molecular complexity index is 770. The summed E-state index contributed by atoms with van der Waals surface area (Å²) in [6, 6.07) is 20.9. The van der Waals surface area contributed by atoms with E-state index >= 15 is 0 Å². The van der Waals surface area contributed by atoms with Gasteiger partial charge in [-0.3, -0.25) is 9.59 Å². The van der Waals surface area contributed by atoms with Gasteiger partial charge in [0.05, 0.1) is 13.2 Å². The number of hydrogen-bond donors (Lipinski definition) is 0. The van der Waals surface area contributed by atoms with Crippen molar-refractivity contribution in [3.63, 3.8) is 0 Å². The molecule has 32 heavy (non-hydrogen) atoms. The third-order valence-electron chi connectivity index (χ3n) is 5.16. The number of unbranched alkanes of at least 4 members (excludes halogenated alkanes) is 6. The molecule has 0 aliphatic heterocycles. The van der Waals surface area contributed by atoms with E-state index in [0.717, 1.165) is 32.3 Å². The highest BCUT2D eigenvalue weighted by atomic mass is 16.5. The van der Waals surface area contributed by atoms with Crippen molar-refractivity contribution in [3.8, 4) is 0 Å². The summed E-state index contributed by atoms with van der Waals surface area (Å²) in [4.78, 5) is 22.1. The minimum Gasteiger partial charge on any atom is -0.465 e. The fraction of sp³-hybridized carbons (Fsp3) is 0.429. The first-order valence-electron chi connectivity index (χ1n) is 11.7. The number of esters is 1. The Hall–Kier alpha value is -2.72. The largest absolute Gasteiger partial charge is 0.465 e. The van der Waals surface area contributed by atoms with Crippen LogP contribution < -0.4 is 0 Å². The van der Waals surface area contributed by atoms with E-state index in [4.69, 9.17) is 9.47 Å². The molecule has 0 fully saturated rings. The fourth-order valence-corrected chi connectivity index (χ4v) is 3.49. The summed E-state index contributed by atoms with van der Waals surface area (Å²) in [6.07, 6.45) is 9.75. The van der Waals surface area contributed by atoms with E-state index in [9.17, 15) is 9.59 Å². The van der Waals surface area contributed by atoms with Crippen molar-refractivity contribution in [2.75, 3.05) is 19.8 Å². The van der Waals surface area contributed by atoms with Crippen LogP contribution in [0.2, 0.25) is 0 Å². The highest BCUT2D eigenvalue weighted by Gasteiger charge is 2.06. The maximum absolute atomic E-state index is 11.3. The number of ether oxygens (including phenoxy) is 2. The molecule has 4 nitrogen and oxygen atoms in total. The fourth-order valence-electron chi connectivity index (χ4n) is 3.49. The van der Waals surface area contributed by atoms with E-state index in [1.807, 2.05) is 12.1 Å². The van der Waals surface area contributed by atoms with Crippen molar-refractivity contribution in [2.45, 2.75) is 58.3 Å². The molecule has 0 radical (unpaired) electrons. The van der Waals surface area contributed by atoms with Crippen LogP contribution >= 0.6 is 0 Å². The van der Waals surface area contributed by atoms with Crippen molar-refractivity contribution in [1.29, 1.82) is 0 Å². The van der Waals surface area contributed by atoms with Crippen LogP contribution in [0.3, 0.4) is 0 Å². The second kappa shape index (κ2) is 16.0. The number of hydrogen-bond acceptors (Lipinski definition) is 4. The zero-order chi connectivity index (χ0) is 22.9. The molecular weight excluding hydrogens is 400 g/mol. The van der Waals surface area contributed by atoms with Crippen LogP contribution in [0.1, 0.15) is 69.4 Å². The summed E-state index contributed by atoms with van der Waals surface area (Å²) in [7, 11) is 0. The Balaban J connectivity index is 1.53. The topological polar surface area (TPSA) is 52.6 Å². The van der Waals surface area contributed by atoms with Crippen molar-refractivity contribution in [3.05, 3.63) is 77.9 Å². The Morgan fingerprint density at radius 2 is 1.22 bits per heavy atom. The van der Waals surface area contributed by atoms with Crippen molar-refractivity contribution < 1.29 is 19.1 Å². The quantitative estimate of drug-likeness (QED) is 0.174. The number of rotatable bonds is 16. The van der Waals surface area contributed by atoms with Gasteiger partial charge in [0, 0.05) is 6.61 Å². The first kappa shape index (κ1) is 25.5. The van der Waals surface area contributed by atoms with Gasteiger partial charge in [-0.05, 0) is 36.5 Å².